The summed E-state index contributed by atoms with van der Waals surface area (Å²) in [7, 11) is 0. The summed E-state index contributed by atoms with van der Waals surface area (Å²) in [5.41, 5.74) is 0.887. The highest BCUT2D eigenvalue weighted by molar-refractivity contribution is 5.93. The number of benzene rings is 1. The van der Waals surface area contributed by atoms with Gasteiger partial charge in [-0.3, -0.25) is 4.79 Å². The highest BCUT2D eigenvalue weighted by Crippen LogP contribution is 2.12. The second kappa shape index (κ2) is 7.67. The van der Waals surface area contributed by atoms with E-state index in [1.165, 1.54) is 6.07 Å². The molecule has 0 saturated heterocycles. The highest BCUT2D eigenvalue weighted by Gasteiger charge is 2.15. The molecule has 6 heteroatoms. The van der Waals surface area contributed by atoms with Gasteiger partial charge in [0.25, 0.3) is 5.91 Å². The van der Waals surface area contributed by atoms with Gasteiger partial charge in [-0.15, -0.1) is 0 Å². The van der Waals surface area contributed by atoms with Crippen molar-refractivity contribution >= 4 is 11.7 Å². The largest absolute Gasteiger partial charge is 0.366 e. The number of aromatic nitrogens is 2. The van der Waals surface area contributed by atoms with Crippen LogP contribution in [-0.4, -0.2) is 33.9 Å². The molecule has 1 N–H and O–H groups in total. The van der Waals surface area contributed by atoms with Gasteiger partial charge in [0, 0.05) is 31.3 Å². The van der Waals surface area contributed by atoms with Crippen molar-refractivity contribution in [3.63, 3.8) is 0 Å². The normalized spacial score (nSPS) is 10.4. The molecule has 5 nitrogen and oxygen atoms in total. The molecule has 2 aromatic rings. The van der Waals surface area contributed by atoms with Crippen LogP contribution in [0.1, 0.15) is 35.7 Å². The Bertz CT molecular complexity index is 686. The van der Waals surface area contributed by atoms with E-state index >= 15 is 0 Å². The SMILES string of the molecule is CCN(CC)C(=O)c1cc(NCc2ccccc2F)nc(C)n1. The summed E-state index contributed by atoms with van der Waals surface area (Å²) in [6.45, 7) is 7.11. The Labute approximate surface area is 135 Å². The van der Waals surface area contributed by atoms with Crippen LogP contribution in [0.2, 0.25) is 0 Å². The number of hydrogen-bond donors (Lipinski definition) is 1. The van der Waals surface area contributed by atoms with Crippen LogP contribution in [0.5, 0.6) is 0 Å². The third-order valence-corrected chi connectivity index (χ3v) is 3.53. The molecule has 0 unspecified atom stereocenters. The minimum Gasteiger partial charge on any atom is -0.366 e. The molecular formula is C17H21FN4O. The number of carbonyl (C=O) groups excluding carboxylic acids is 1. The summed E-state index contributed by atoms with van der Waals surface area (Å²) >= 11 is 0. The van der Waals surface area contributed by atoms with Gasteiger partial charge in [0.05, 0.1) is 0 Å². The Morgan fingerprint density at radius 3 is 2.57 bits per heavy atom. The molecule has 122 valence electrons. The maximum Gasteiger partial charge on any atom is 0.272 e. The van der Waals surface area contributed by atoms with Crippen LogP contribution in [0.4, 0.5) is 10.2 Å². The summed E-state index contributed by atoms with van der Waals surface area (Å²) in [5, 5.41) is 3.05. The summed E-state index contributed by atoms with van der Waals surface area (Å²) in [4.78, 5) is 22.5. The number of hydrogen-bond acceptors (Lipinski definition) is 4. The van der Waals surface area contributed by atoms with E-state index in [1.54, 1.807) is 36.1 Å². The lowest BCUT2D eigenvalue weighted by molar-refractivity contribution is 0.0766. The number of carbonyl (C=O) groups is 1. The molecule has 0 aliphatic carbocycles. The van der Waals surface area contributed by atoms with Crippen molar-refractivity contribution in [3.05, 3.63) is 53.2 Å². The molecule has 0 aliphatic heterocycles. The van der Waals surface area contributed by atoms with Gasteiger partial charge in [0.15, 0.2) is 0 Å². The van der Waals surface area contributed by atoms with Crippen molar-refractivity contribution in [2.45, 2.75) is 27.3 Å². The smallest absolute Gasteiger partial charge is 0.272 e. The Balaban J connectivity index is 2.17. The molecule has 0 bridgehead atoms. The second-order valence-corrected chi connectivity index (χ2v) is 5.11. The van der Waals surface area contributed by atoms with Gasteiger partial charge < -0.3 is 10.2 Å². The van der Waals surface area contributed by atoms with E-state index in [0.29, 0.717) is 42.5 Å². The molecule has 23 heavy (non-hydrogen) atoms. The van der Waals surface area contributed by atoms with E-state index in [-0.39, 0.29) is 11.7 Å². The Kier molecular flexibility index (Phi) is 5.62. The fourth-order valence-electron chi connectivity index (χ4n) is 2.27. The topological polar surface area (TPSA) is 58.1 Å². The zero-order valence-electron chi connectivity index (χ0n) is 13.6. The van der Waals surface area contributed by atoms with E-state index in [1.807, 2.05) is 13.8 Å². The summed E-state index contributed by atoms with van der Waals surface area (Å²) in [5.74, 6) is 0.606. The molecule has 0 atom stereocenters. The number of amides is 1. The van der Waals surface area contributed by atoms with Crippen molar-refractivity contribution in [1.82, 2.24) is 14.9 Å². The van der Waals surface area contributed by atoms with Crippen molar-refractivity contribution in [3.8, 4) is 0 Å². The summed E-state index contributed by atoms with van der Waals surface area (Å²) in [6, 6.07) is 8.15. The van der Waals surface area contributed by atoms with Crippen molar-refractivity contribution in [2.75, 3.05) is 18.4 Å². The maximum absolute atomic E-state index is 13.6. The molecule has 1 aromatic carbocycles. The first kappa shape index (κ1) is 16.9. The third-order valence-electron chi connectivity index (χ3n) is 3.53. The lowest BCUT2D eigenvalue weighted by Gasteiger charge is -2.18. The van der Waals surface area contributed by atoms with Crippen LogP contribution in [0, 0.1) is 12.7 Å². The average molecular weight is 316 g/mol. The fraction of sp³-hybridized carbons (Fsp3) is 0.353. The monoisotopic (exact) mass is 316 g/mol. The number of nitrogens with one attached hydrogen (secondary N) is 1. The number of halogens is 1. The molecule has 0 saturated carbocycles. The van der Waals surface area contributed by atoms with Crippen molar-refractivity contribution in [2.24, 2.45) is 0 Å². The molecule has 0 spiro atoms. The number of rotatable bonds is 6. The molecule has 1 heterocycles. The first-order valence-corrected chi connectivity index (χ1v) is 7.67. The van der Waals surface area contributed by atoms with Crippen LogP contribution in [0.3, 0.4) is 0 Å². The van der Waals surface area contributed by atoms with Crippen LogP contribution >= 0.6 is 0 Å². The minimum absolute atomic E-state index is 0.130. The number of aryl methyl sites for hydroxylation is 1. The van der Waals surface area contributed by atoms with Crippen molar-refractivity contribution in [1.29, 1.82) is 0 Å². The Morgan fingerprint density at radius 1 is 1.22 bits per heavy atom. The minimum atomic E-state index is -0.273. The zero-order valence-corrected chi connectivity index (χ0v) is 13.6. The van der Waals surface area contributed by atoms with Gasteiger partial charge in [-0.2, -0.15) is 0 Å². The van der Waals surface area contributed by atoms with Gasteiger partial charge in [-0.1, -0.05) is 18.2 Å². The molecule has 1 aromatic heterocycles. The van der Waals surface area contributed by atoms with Gasteiger partial charge in [0.2, 0.25) is 0 Å². The molecule has 1 amide bonds. The lowest BCUT2D eigenvalue weighted by Crippen LogP contribution is -2.31. The fourth-order valence-corrected chi connectivity index (χ4v) is 2.27. The van der Waals surface area contributed by atoms with Gasteiger partial charge in [-0.25, -0.2) is 14.4 Å². The zero-order chi connectivity index (χ0) is 16.8. The maximum atomic E-state index is 13.6. The van der Waals surface area contributed by atoms with E-state index in [9.17, 15) is 9.18 Å². The van der Waals surface area contributed by atoms with E-state index < -0.39 is 0 Å². The van der Waals surface area contributed by atoms with Crippen LogP contribution in [-0.2, 0) is 6.54 Å². The quantitative estimate of drug-likeness (QED) is 0.890. The number of anilines is 1. The Morgan fingerprint density at radius 2 is 1.91 bits per heavy atom. The lowest BCUT2D eigenvalue weighted by atomic mass is 10.2. The van der Waals surface area contributed by atoms with Crippen LogP contribution in [0.25, 0.3) is 0 Å². The highest BCUT2D eigenvalue weighted by atomic mass is 19.1. The van der Waals surface area contributed by atoms with E-state index in [0.717, 1.165) is 0 Å². The van der Waals surface area contributed by atoms with Crippen LogP contribution in [0.15, 0.2) is 30.3 Å². The average Bonchev–Trinajstić information content (AvgIpc) is 2.54. The predicted octanol–water partition coefficient (Wildman–Crippen LogP) is 3.02. The second-order valence-electron chi connectivity index (χ2n) is 5.11. The van der Waals surface area contributed by atoms with E-state index in [2.05, 4.69) is 15.3 Å². The van der Waals surface area contributed by atoms with Gasteiger partial charge in [0.1, 0.15) is 23.2 Å². The number of nitrogens with zero attached hydrogens (tertiary/aromatic N) is 3. The summed E-state index contributed by atoms with van der Waals surface area (Å²) < 4.78 is 13.6. The molecule has 2 rings (SSSR count). The predicted molar refractivity (Wildman–Crippen MR) is 87.7 cm³/mol. The molecular weight excluding hydrogens is 295 g/mol. The van der Waals surface area contributed by atoms with Crippen molar-refractivity contribution < 1.29 is 9.18 Å². The van der Waals surface area contributed by atoms with Gasteiger partial charge in [-0.05, 0) is 26.8 Å². The Hall–Kier alpha value is -2.50. The first-order chi connectivity index (χ1) is 11.0. The third kappa shape index (κ3) is 4.25. The van der Waals surface area contributed by atoms with Gasteiger partial charge >= 0.3 is 0 Å². The van der Waals surface area contributed by atoms with E-state index in [4.69, 9.17) is 0 Å². The standard InChI is InChI=1S/C17H21FN4O/c1-4-22(5-2)17(23)15-10-16(21-12(3)20-15)19-11-13-8-6-7-9-14(13)18/h6-10H,4-5,11H2,1-3H3,(H,19,20,21). The molecule has 0 aliphatic rings. The molecule has 0 radical (unpaired) electrons. The van der Waals surface area contributed by atoms with Crippen LogP contribution < -0.4 is 5.32 Å². The molecule has 0 fully saturated rings. The summed E-state index contributed by atoms with van der Waals surface area (Å²) in [6.07, 6.45) is 0. The first-order valence-electron chi connectivity index (χ1n) is 7.67.